The highest BCUT2D eigenvalue weighted by Gasteiger charge is 2.31. The van der Waals surface area contributed by atoms with Gasteiger partial charge in [0.2, 0.25) is 0 Å². The van der Waals surface area contributed by atoms with Crippen molar-refractivity contribution in [2.24, 2.45) is 17.3 Å². The first-order valence-corrected chi connectivity index (χ1v) is 8.17. The first kappa shape index (κ1) is 15.6. The van der Waals surface area contributed by atoms with Crippen LogP contribution in [0.1, 0.15) is 65.5 Å². The standard InChI is InChI=1S/C19H31N/c1-14-11-15(2)13-17(12-14)20-18(19(3,4)5)16-9-7-6-8-10-16/h6-10,14-15,17-18,20H,11-13H2,1-5H3. The number of hydrogen-bond donors (Lipinski definition) is 1. The van der Waals surface area contributed by atoms with Gasteiger partial charge in [0.05, 0.1) is 0 Å². The van der Waals surface area contributed by atoms with E-state index in [4.69, 9.17) is 0 Å². The molecular formula is C19H31N. The molecule has 0 aromatic heterocycles. The summed E-state index contributed by atoms with van der Waals surface area (Å²) in [6, 6.07) is 12.0. The van der Waals surface area contributed by atoms with E-state index in [1.807, 2.05) is 0 Å². The first-order valence-electron chi connectivity index (χ1n) is 8.17. The second-order valence-corrected chi connectivity index (χ2v) is 7.99. The van der Waals surface area contributed by atoms with Crippen molar-refractivity contribution >= 4 is 0 Å². The molecule has 112 valence electrons. The third-order valence-corrected chi connectivity index (χ3v) is 4.58. The number of nitrogens with one attached hydrogen (secondary N) is 1. The molecule has 1 fully saturated rings. The number of hydrogen-bond acceptors (Lipinski definition) is 1. The molecule has 0 radical (unpaired) electrons. The minimum atomic E-state index is 0.241. The predicted molar refractivity (Wildman–Crippen MR) is 87.7 cm³/mol. The lowest BCUT2D eigenvalue weighted by Gasteiger charge is -2.39. The van der Waals surface area contributed by atoms with Crippen LogP contribution in [0.25, 0.3) is 0 Å². The molecule has 1 N–H and O–H groups in total. The van der Waals surface area contributed by atoms with Gasteiger partial charge in [-0.25, -0.2) is 0 Å². The highest BCUT2D eigenvalue weighted by molar-refractivity contribution is 5.21. The van der Waals surface area contributed by atoms with Crippen molar-refractivity contribution in [1.29, 1.82) is 0 Å². The Morgan fingerprint density at radius 1 is 0.950 bits per heavy atom. The lowest BCUT2D eigenvalue weighted by molar-refractivity contribution is 0.181. The van der Waals surface area contributed by atoms with E-state index in [1.54, 1.807) is 0 Å². The zero-order chi connectivity index (χ0) is 14.8. The normalized spacial score (nSPS) is 29.1. The summed E-state index contributed by atoms with van der Waals surface area (Å²) in [6.45, 7) is 11.8. The molecule has 1 nitrogen and oxygen atoms in total. The van der Waals surface area contributed by atoms with Crippen molar-refractivity contribution in [1.82, 2.24) is 5.32 Å². The maximum atomic E-state index is 3.97. The molecule has 0 bridgehead atoms. The van der Waals surface area contributed by atoms with E-state index in [0.29, 0.717) is 12.1 Å². The molecule has 1 aliphatic carbocycles. The molecular weight excluding hydrogens is 242 g/mol. The zero-order valence-electron chi connectivity index (χ0n) is 13.8. The highest BCUT2D eigenvalue weighted by Crippen LogP contribution is 2.36. The summed E-state index contributed by atoms with van der Waals surface area (Å²) in [5.74, 6) is 1.71. The second-order valence-electron chi connectivity index (χ2n) is 7.99. The minimum Gasteiger partial charge on any atom is -0.307 e. The van der Waals surface area contributed by atoms with Gasteiger partial charge in [0.25, 0.3) is 0 Å². The molecule has 0 aliphatic heterocycles. The van der Waals surface area contributed by atoms with Crippen LogP contribution >= 0.6 is 0 Å². The van der Waals surface area contributed by atoms with E-state index < -0.39 is 0 Å². The summed E-state index contributed by atoms with van der Waals surface area (Å²) < 4.78 is 0. The third-order valence-electron chi connectivity index (χ3n) is 4.58. The van der Waals surface area contributed by atoms with Gasteiger partial charge in [0.1, 0.15) is 0 Å². The molecule has 0 heterocycles. The molecule has 1 aromatic rings. The Bertz CT molecular complexity index is 394. The van der Waals surface area contributed by atoms with Crippen molar-refractivity contribution in [3.05, 3.63) is 35.9 Å². The lowest BCUT2D eigenvalue weighted by atomic mass is 9.77. The fourth-order valence-corrected chi connectivity index (χ4v) is 3.81. The van der Waals surface area contributed by atoms with Gasteiger partial charge in [-0.2, -0.15) is 0 Å². The van der Waals surface area contributed by atoms with Gasteiger partial charge in [-0.15, -0.1) is 0 Å². The molecule has 0 saturated heterocycles. The van der Waals surface area contributed by atoms with Crippen LogP contribution in [-0.4, -0.2) is 6.04 Å². The van der Waals surface area contributed by atoms with Gasteiger partial charge in [0.15, 0.2) is 0 Å². The van der Waals surface area contributed by atoms with E-state index in [0.717, 1.165) is 11.8 Å². The Morgan fingerprint density at radius 2 is 1.50 bits per heavy atom. The quantitative estimate of drug-likeness (QED) is 0.799. The summed E-state index contributed by atoms with van der Waals surface area (Å²) in [5.41, 5.74) is 1.66. The van der Waals surface area contributed by atoms with Crippen LogP contribution < -0.4 is 5.32 Å². The molecule has 20 heavy (non-hydrogen) atoms. The smallest absolute Gasteiger partial charge is 0.0371 e. The van der Waals surface area contributed by atoms with Crippen LogP contribution in [0, 0.1) is 17.3 Å². The molecule has 1 saturated carbocycles. The topological polar surface area (TPSA) is 12.0 Å². The van der Waals surface area contributed by atoms with E-state index in [2.05, 4.69) is 70.3 Å². The van der Waals surface area contributed by atoms with Crippen molar-refractivity contribution in [3.8, 4) is 0 Å². The van der Waals surface area contributed by atoms with Crippen molar-refractivity contribution in [2.75, 3.05) is 0 Å². The van der Waals surface area contributed by atoms with E-state index in [9.17, 15) is 0 Å². The summed E-state index contributed by atoms with van der Waals surface area (Å²) in [5, 5.41) is 3.97. The highest BCUT2D eigenvalue weighted by atomic mass is 15.0. The van der Waals surface area contributed by atoms with Crippen LogP contribution in [0.3, 0.4) is 0 Å². The Morgan fingerprint density at radius 3 is 2.00 bits per heavy atom. The molecule has 1 aliphatic rings. The lowest BCUT2D eigenvalue weighted by Crippen LogP contribution is -2.42. The third kappa shape index (κ3) is 4.09. The summed E-state index contributed by atoms with van der Waals surface area (Å²) in [4.78, 5) is 0. The van der Waals surface area contributed by atoms with Gasteiger partial charge >= 0.3 is 0 Å². The zero-order valence-corrected chi connectivity index (χ0v) is 13.8. The number of benzene rings is 1. The fourth-order valence-electron chi connectivity index (χ4n) is 3.81. The number of rotatable bonds is 3. The first-order chi connectivity index (χ1) is 9.36. The minimum absolute atomic E-state index is 0.241. The van der Waals surface area contributed by atoms with Crippen LogP contribution in [0.2, 0.25) is 0 Å². The second kappa shape index (κ2) is 6.30. The molecule has 0 spiro atoms. The Kier molecular flexibility index (Phi) is 4.90. The molecule has 3 unspecified atom stereocenters. The van der Waals surface area contributed by atoms with Gasteiger partial charge in [-0.3, -0.25) is 0 Å². The Labute approximate surface area is 125 Å². The largest absolute Gasteiger partial charge is 0.307 e. The van der Waals surface area contributed by atoms with Gasteiger partial charge in [-0.05, 0) is 42.1 Å². The Balaban J connectivity index is 2.13. The van der Waals surface area contributed by atoms with Gasteiger partial charge in [-0.1, -0.05) is 65.0 Å². The van der Waals surface area contributed by atoms with Crippen LogP contribution in [-0.2, 0) is 0 Å². The average molecular weight is 273 g/mol. The fraction of sp³-hybridized carbons (Fsp3) is 0.684. The predicted octanol–water partition coefficient (Wildman–Crippen LogP) is 5.19. The summed E-state index contributed by atoms with van der Waals surface area (Å²) >= 11 is 0. The van der Waals surface area contributed by atoms with Gasteiger partial charge in [0, 0.05) is 12.1 Å². The van der Waals surface area contributed by atoms with Crippen LogP contribution in [0.4, 0.5) is 0 Å². The summed E-state index contributed by atoms with van der Waals surface area (Å²) in [7, 11) is 0. The van der Waals surface area contributed by atoms with Crippen LogP contribution in [0.5, 0.6) is 0 Å². The molecule has 1 heteroatoms. The van der Waals surface area contributed by atoms with Gasteiger partial charge < -0.3 is 5.32 Å². The average Bonchev–Trinajstić information content (AvgIpc) is 2.34. The van der Waals surface area contributed by atoms with E-state index in [1.165, 1.54) is 24.8 Å². The van der Waals surface area contributed by atoms with E-state index in [-0.39, 0.29) is 5.41 Å². The van der Waals surface area contributed by atoms with Crippen molar-refractivity contribution in [3.63, 3.8) is 0 Å². The van der Waals surface area contributed by atoms with E-state index >= 15 is 0 Å². The monoisotopic (exact) mass is 273 g/mol. The molecule has 0 amide bonds. The van der Waals surface area contributed by atoms with Crippen molar-refractivity contribution in [2.45, 2.75) is 66.0 Å². The molecule has 2 rings (SSSR count). The maximum Gasteiger partial charge on any atom is 0.0371 e. The molecule has 3 atom stereocenters. The van der Waals surface area contributed by atoms with Crippen LogP contribution in [0.15, 0.2) is 30.3 Å². The maximum absolute atomic E-state index is 3.97. The summed E-state index contributed by atoms with van der Waals surface area (Å²) in [6.07, 6.45) is 4.04. The SMILES string of the molecule is CC1CC(C)CC(NC(c2ccccc2)C(C)(C)C)C1. The Hall–Kier alpha value is -0.820. The molecule has 1 aromatic carbocycles. The van der Waals surface area contributed by atoms with Crippen molar-refractivity contribution < 1.29 is 0 Å².